The van der Waals surface area contributed by atoms with Crippen LogP contribution in [0.5, 0.6) is 0 Å². The third kappa shape index (κ3) is 4.95. The first-order valence-corrected chi connectivity index (χ1v) is 6.21. The van der Waals surface area contributed by atoms with E-state index in [1.165, 1.54) is 18.6 Å². The van der Waals surface area contributed by atoms with Crippen LogP contribution in [0.4, 0.5) is 0 Å². The summed E-state index contributed by atoms with van der Waals surface area (Å²) in [6, 6.07) is 7.00. The van der Waals surface area contributed by atoms with Crippen molar-refractivity contribution < 1.29 is 14.7 Å². The highest BCUT2D eigenvalue weighted by Gasteiger charge is 2.11. The predicted molar refractivity (Wildman–Crippen MR) is 74.8 cm³/mol. The number of aliphatic carboxylic acids is 1. The van der Waals surface area contributed by atoms with E-state index in [1.807, 2.05) is 24.3 Å². The molecule has 0 aliphatic rings. The molecular weight excluding hydrogens is 242 g/mol. The van der Waals surface area contributed by atoms with Gasteiger partial charge >= 0.3 is 5.97 Å². The molecule has 0 aliphatic heterocycles. The Balaban J connectivity index is 2.61. The van der Waals surface area contributed by atoms with Gasteiger partial charge in [-0.2, -0.15) is 0 Å². The second kappa shape index (κ2) is 6.73. The third-order valence-electron chi connectivity index (χ3n) is 2.76. The average molecular weight is 261 g/mol. The summed E-state index contributed by atoms with van der Waals surface area (Å²) >= 11 is 0. The largest absolute Gasteiger partial charge is 0.480 e. The summed E-state index contributed by atoms with van der Waals surface area (Å²) in [5.74, 6) is -0.997. The number of nitrogens with one attached hydrogen (secondary N) is 1. The van der Waals surface area contributed by atoms with E-state index >= 15 is 0 Å². The van der Waals surface area contributed by atoms with Crippen LogP contribution >= 0.6 is 0 Å². The molecule has 1 amide bonds. The van der Waals surface area contributed by atoms with Crippen molar-refractivity contribution in [1.29, 1.82) is 0 Å². The van der Waals surface area contributed by atoms with Crippen molar-refractivity contribution in [3.63, 3.8) is 0 Å². The first-order chi connectivity index (χ1) is 8.90. The number of carbonyl (C=O) groups is 2. The molecule has 102 valence electrons. The Kier molecular flexibility index (Phi) is 5.30. The minimum atomic E-state index is -1.05. The van der Waals surface area contributed by atoms with Crippen LogP contribution in [0.2, 0.25) is 0 Å². The van der Waals surface area contributed by atoms with Gasteiger partial charge in [0.2, 0.25) is 5.91 Å². The van der Waals surface area contributed by atoms with Crippen molar-refractivity contribution in [3.05, 3.63) is 41.5 Å². The topological polar surface area (TPSA) is 66.4 Å². The summed E-state index contributed by atoms with van der Waals surface area (Å²) in [4.78, 5) is 22.0. The second-order valence-electron chi connectivity index (χ2n) is 4.72. The van der Waals surface area contributed by atoms with E-state index in [9.17, 15) is 9.59 Å². The van der Waals surface area contributed by atoms with Crippen LogP contribution in [-0.2, 0) is 9.59 Å². The van der Waals surface area contributed by atoms with Crippen LogP contribution in [-0.4, -0.2) is 23.0 Å². The van der Waals surface area contributed by atoms with Gasteiger partial charge in [0.25, 0.3) is 0 Å². The summed E-state index contributed by atoms with van der Waals surface area (Å²) in [6.45, 7) is 5.66. The molecule has 0 heterocycles. The van der Waals surface area contributed by atoms with Crippen LogP contribution in [0.15, 0.2) is 30.3 Å². The van der Waals surface area contributed by atoms with E-state index in [2.05, 4.69) is 19.2 Å². The molecule has 4 nitrogen and oxygen atoms in total. The molecule has 1 unspecified atom stereocenters. The van der Waals surface area contributed by atoms with Gasteiger partial charge in [0.15, 0.2) is 0 Å². The highest BCUT2D eigenvalue weighted by atomic mass is 16.4. The number of benzene rings is 1. The molecule has 0 aromatic heterocycles. The number of carboxylic acid groups (broad SMARTS) is 1. The Labute approximate surface area is 113 Å². The maximum absolute atomic E-state index is 11.4. The van der Waals surface area contributed by atoms with Gasteiger partial charge in [0.1, 0.15) is 6.04 Å². The Morgan fingerprint density at radius 3 is 2.21 bits per heavy atom. The number of carboxylic acids is 1. The minimum absolute atomic E-state index is 0.414. The number of rotatable bonds is 5. The molecule has 4 heteroatoms. The molecule has 0 spiro atoms. The highest BCUT2D eigenvalue weighted by Crippen LogP contribution is 2.15. The molecule has 1 aromatic carbocycles. The molecule has 0 saturated heterocycles. The maximum atomic E-state index is 11.4. The maximum Gasteiger partial charge on any atom is 0.325 e. The van der Waals surface area contributed by atoms with E-state index in [-0.39, 0.29) is 0 Å². The molecular formula is C15H19NO3. The smallest absolute Gasteiger partial charge is 0.325 e. The van der Waals surface area contributed by atoms with Crippen LogP contribution in [0.25, 0.3) is 6.08 Å². The molecule has 0 radical (unpaired) electrons. The fourth-order valence-corrected chi connectivity index (χ4v) is 1.49. The lowest BCUT2D eigenvalue weighted by Crippen LogP contribution is -2.37. The van der Waals surface area contributed by atoms with E-state index < -0.39 is 17.9 Å². The Morgan fingerprint density at radius 2 is 1.74 bits per heavy atom. The normalized spacial score (nSPS) is 12.6. The van der Waals surface area contributed by atoms with E-state index in [4.69, 9.17) is 5.11 Å². The van der Waals surface area contributed by atoms with Gasteiger partial charge in [-0.1, -0.05) is 38.1 Å². The van der Waals surface area contributed by atoms with Gasteiger partial charge in [-0.05, 0) is 30.0 Å². The van der Waals surface area contributed by atoms with Gasteiger partial charge in [0, 0.05) is 6.08 Å². The van der Waals surface area contributed by atoms with Crippen molar-refractivity contribution in [2.24, 2.45) is 0 Å². The predicted octanol–water partition coefficient (Wildman–Crippen LogP) is 2.41. The monoisotopic (exact) mass is 261 g/mol. The van der Waals surface area contributed by atoms with Crippen LogP contribution in [0.1, 0.15) is 37.8 Å². The number of hydrogen-bond donors (Lipinski definition) is 2. The highest BCUT2D eigenvalue weighted by molar-refractivity contribution is 5.94. The summed E-state index contributed by atoms with van der Waals surface area (Å²) in [7, 11) is 0. The lowest BCUT2D eigenvalue weighted by molar-refractivity contribution is -0.140. The van der Waals surface area contributed by atoms with Crippen LogP contribution in [0.3, 0.4) is 0 Å². The molecule has 0 saturated carbocycles. The Bertz CT molecular complexity index is 475. The Morgan fingerprint density at radius 1 is 1.16 bits per heavy atom. The summed E-state index contributed by atoms with van der Waals surface area (Å²) in [5, 5.41) is 11.0. The molecule has 2 N–H and O–H groups in total. The van der Waals surface area contributed by atoms with Gasteiger partial charge in [-0.25, -0.2) is 0 Å². The third-order valence-corrected chi connectivity index (χ3v) is 2.76. The van der Waals surface area contributed by atoms with Crippen molar-refractivity contribution in [2.45, 2.75) is 32.7 Å². The summed E-state index contributed by atoms with van der Waals surface area (Å²) in [6.07, 6.45) is 3.00. The summed E-state index contributed by atoms with van der Waals surface area (Å²) < 4.78 is 0. The lowest BCUT2D eigenvalue weighted by Gasteiger charge is -2.06. The minimum Gasteiger partial charge on any atom is -0.480 e. The number of carbonyl (C=O) groups excluding carboxylic acids is 1. The number of amides is 1. The zero-order chi connectivity index (χ0) is 14.4. The van der Waals surface area contributed by atoms with E-state index in [1.54, 1.807) is 6.08 Å². The molecule has 1 rings (SSSR count). The summed E-state index contributed by atoms with van der Waals surface area (Å²) in [5.41, 5.74) is 2.14. The molecule has 0 bridgehead atoms. The van der Waals surface area contributed by atoms with Crippen molar-refractivity contribution in [1.82, 2.24) is 5.32 Å². The Hall–Kier alpha value is -2.10. The molecule has 0 aliphatic carbocycles. The average Bonchev–Trinajstić information content (AvgIpc) is 2.36. The molecule has 19 heavy (non-hydrogen) atoms. The zero-order valence-corrected chi connectivity index (χ0v) is 11.4. The van der Waals surface area contributed by atoms with Crippen LogP contribution in [0, 0.1) is 0 Å². The molecule has 0 fully saturated rings. The van der Waals surface area contributed by atoms with Gasteiger partial charge < -0.3 is 10.4 Å². The second-order valence-corrected chi connectivity index (χ2v) is 4.72. The SMILES string of the molecule is CC(NC(=O)/C=C/c1ccc(C(C)C)cc1)C(=O)O. The first kappa shape index (κ1) is 15.0. The van der Waals surface area contributed by atoms with E-state index in [0.717, 1.165) is 5.56 Å². The fourth-order valence-electron chi connectivity index (χ4n) is 1.49. The fraction of sp³-hybridized carbons (Fsp3) is 0.333. The molecule has 1 atom stereocenters. The van der Waals surface area contributed by atoms with Crippen molar-refractivity contribution in [3.8, 4) is 0 Å². The standard InChI is InChI=1S/C15H19NO3/c1-10(2)13-7-4-12(5-8-13)6-9-14(17)16-11(3)15(18)19/h4-11H,1-3H3,(H,16,17)(H,18,19)/b9-6+. The van der Waals surface area contributed by atoms with Gasteiger partial charge in [0.05, 0.1) is 0 Å². The molecule has 1 aromatic rings. The van der Waals surface area contributed by atoms with Gasteiger partial charge in [-0.15, -0.1) is 0 Å². The van der Waals surface area contributed by atoms with E-state index in [0.29, 0.717) is 5.92 Å². The first-order valence-electron chi connectivity index (χ1n) is 6.21. The van der Waals surface area contributed by atoms with Crippen LogP contribution < -0.4 is 5.32 Å². The zero-order valence-electron chi connectivity index (χ0n) is 11.4. The van der Waals surface area contributed by atoms with Crippen molar-refractivity contribution in [2.75, 3.05) is 0 Å². The lowest BCUT2D eigenvalue weighted by atomic mass is 10.0. The van der Waals surface area contributed by atoms with Gasteiger partial charge in [-0.3, -0.25) is 9.59 Å². The quantitative estimate of drug-likeness (QED) is 0.800. The van der Waals surface area contributed by atoms with Crippen molar-refractivity contribution >= 4 is 18.0 Å². The number of hydrogen-bond acceptors (Lipinski definition) is 2.